The summed E-state index contributed by atoms with van der Waals surface area (Å²) in [4.78, 5) is 5.57. The maximum absolute atomic E-state index is 5.56. The lowest BCUT2D eigenvalue weighted by Crippen LogP contribution is -2.19. The van der Waals surface area contributed by atoms with Crippen LogP contribution in [0, 0.1) is 0 Å². The minimum absolute atomic E-state index is 0.683. The first-order valence-electron chi connectivity index (χ1n) is 7.67. The third-order valence-corrected chi connectivity index (χ3v) is 4.33. The largest absolute Gasteiger partial charge is 0.376 e. The van der Waals surface area contributed by atoms with Crippen molar-refractivity contribution in [3.8, 4) is 0 Å². The molecule has 1 aliphatic rings. The number of benzene rings is 1. The molecular formula is C17H20N4O. The molecule has 3 aromatic rings. The van der Waals surface area contributed by atoms with E-state index in [9.17, 15) is 0 Å². The topological polar surface area (TPSA) is 56.9 Å². The summed E-state index contributed by atoms with van der Waals surface area (Å²) in [5.41, 5.74) is 6.12. The highest BCUT2D eigenvalue weighted by Crippen LogP contribution is 2.22. The van der Waals surface area contributed by atoms with Crippen molar-refractivity contribution in [1.29, 1.82) is 0 Å². The fourth-order valence-corrected chi connectivity index (χ4v) is 3.19. The van der Waals surface area contributed by atoms with Crippen LogP contribution in [-0.4, -0.2) is 33.7 Å². The quantitative estimate of drug-likeness (QED) is 0.778. The Bertz CT molecular complexity index is 789. The van der Waals surface area contributed by atoms with Gasteiger partial charge in [-0.15, -0.1) is 0 Å². The first-order valence-corrected chi connectivity index (χ1v) is 7.67. The van der Waals surface area contributed by atoms with Gasteiger partial charge in [-0.25, -0.2) is 0 Å². The van der Waals surface area contributed by atoms with Crippen LogP contribution in [0.4, 0.5) is 0 Å². The Morgan fingerprint density at radius 2 is 2.23 bits per heavy atom. The van der Waals surface area contributed by atoms with Gasteiger partial charge in [0.25, 0.3) is 0 Å². The minimum Gasteiger partial charge on any atom is -0.376 e. The molecular weight excluding hydrogens is 276 g/mol. The standard InChI is InChI=1S/C17H20N4O/c1-21(9-12-3-2-4-15-13(12)5-7-18-15)10-17-14-11-22-8-6-16(14)19-20-17/h2-5,7,18H,6,8-11H2,1H3,(H,19,20). The lowest BCUT2D eigenvalue weighted by atomic mass is 10.1. The van der Waals surface area contributed by atoms with Gasteiger partial charge < -0.3 is 9.72 Å². The predicted octanol–water partition coefficient (Wildman–Crippen LogP) is 2.60. The molecule has 0 unspecified atom stereocenters. The average molecular weight is 296 g/mol. The van der Waals surface area contributed by atoms with Gasteiger partial charge in [-0.1, -0.05) is 12.1 Å². The fourth-order valence-electron chi connectivity index (χ4n) is 3.19. The maximum atomic E-state index is 5.56. The molecule has 0 bridgehead atoms. The molecule has 2 N–H and O–H groups in total. The monoisotopic (exact) mass is 296 g/mol. The SMILES string of the molecule is CN(Cc1n[nH]c2c1COCC2)Cc1cccc2[nH]ccc12. The van der Waals surface area contributed by atoms with Crippen molar-refractivity contribution in [1.82, 2.24) is 20.1 Å². The second kappa shape index (κ2) is 5.59. The van der Waals surface area contributed by atoms with Crippen LogP contribution in [0.1, 0.15) is 22.5 Å². The van der Waals surface area contributed by atoms with E-state index in [0.29, 0.717) is 6.61 Å². The lowest BCUT2D eigenvalue weighted by Gasteiger charge is -2.18. The van der Waals surface area contributed by atoms with Gasteiger partial charge in [-0.05, 0) is 24.7 Å². The molecule has 0 radical (unpaired) electrons. The van der Waals surface area contributed by atoms with Gasteiger partial charge >= 0.3 is 0 Å². The number of ether oxygens (including phenoxy) is 1. The Labute approximate surface area is 129 Å². The van der Waals surface area contributed by atoms with Crippen molar-refractivity contribution < 1.29 is 4.74 Å². The molecule has 0 atom stereocenters. The third kappa shape index (κ3) is 2.42. The van der Waals surface area contributed by atoms with Gasteiger partial charge in [0, 0.05) is 47.9 Å². The van der Waals surface area contributed by atoms with E-state index in [1.165, 1.54) is 27.7 Å². The van der Waals surface area contributed by atoms with E-state index in [1.807, 2.05) is 6.20 Å². The van der Waals surface area contributed by atoms with Crippen molar-refractivity contribution >= 4 is 10.9 Å². The van der Waals surface area contributed by atoms with Crippen molar-refractivity contribution in [2.24, 2.45) is 0 Å². The highest BCUT2D eigenvalue weighted by atomic mass is 16.5. The second-order valence-electron chi connectivity index (χ2n) is 5.96. The van der Waals surface area contributed by atoms with Crippen molar-refractivity contribution in [2.75, 3.05) is 13.7 Å². The summed E-state index contributed by atoms with van der Waals surface area (Å²) in [7, 11) is 2.14. The van der Waals surface area contributed by atoms with Crippen LogP contribution in [0.5, 0.6) is 0 Å². The van der Waals surface area contributed by atoms with Crippen LogP contribution in [0.15, 0.2) is 30.5 Å². The Kier molecular flexibility index (Phi) is 3.44. The molecule has 3 heterocycles. The summed E-state index contributed by atoms with van der Waals surface area (Å²) >= 11 is 0. The van der Waals surface area contributed by atoms with E-state index >= 15 is 0 Å². The molecule has 2 aromatic heterocycles. The Morgan fingerprint density at radius 1 is 1.27 bits per heavy atom. The predicted molar refractivity (Wildman–Crippen MR) is 85.4 cm³/mol. The number of aromatic nitrogens is 3. The summed E-state index contributed by atoms with van der Waals surface area (Å²) < 4.78 is 5.56. The number of aromatic amines is 2. The summed E-state index contributed by atoms with van der Waals surface area (Å²) in [6.45, 7) is 3.20. The van der Waals surface area contributed by atoms with Gasteiger partial charge in [0.1, 0.15) is 0 Å². The molecule has 1 aromatic carbocycles. The molecule has 4 rings (SSSR count). The van der Waals surface area contributed by atoms with Gasteiger partial charge in [-0.3, -0.25) is 10.00 Å². The van der Waals surface area contributed by atoms with E-state index < -0.39 is 0 Å². The number of rotatable bonds is 4. The first kappa shape index (κ1) is 13.5. The number of hydrogen-bond acceptors (Lipinski definition) is 3. The van der Waals surface area contributed by atoms with Crippen LogP contribution in [0.3, 0.4) is 0 Å². The van der Waals surface area contributed by atoms with E-state index in [4.69, 9.17) is 4.74 Å². The highest BCUT2D eigenvalue weighted by Gasteiger charge is 2.18. The number of fused-ring (bicyclic) bond motifs is 2. The Balaban J connectivity index is 1.52. The third-order valence-electron chi connectivity index (χ3n) is 4.33. The number of nitrogens with zero attached hydrogens (tertiary/aromatic N) is 2. The fraction of sp³-hybridized carbons (Fsp3) is 0.353. The zero-order valence-corrected chi connectivity index (χ0v) is 12.7. The van der Waals surface area contributed by atoms with E-state index in [-0.39, 0.29) is 0 Å². The molecule has 0 aliphatic carbocycles. The molecule has 0 saturated carbocycles. The first-order chi connectivity index (χ1) is 10.8. The normalized spacial score (nSPS) is 14.6. The molecule has 0 amide bonds. The van der Waals surface area contributed by atoms with Gasteiger partial charge in [0.05, 0.1) is 18.9 Å². The van der Waals surface area contributed by atoms with E-state index in [1.54, 1.807) is 0 Å². The van der Waals surface area contributed by atoms with Gasteiger partial charge in [-0.2, -0.15) is 5.10 Å². The van der Waals surface area contributed by atoms with Crippen LogP contribution >= 0.6 is 0 Å². The summed E-state index contributed by atoms with van der Waals surface area (Å²) in [6, 6.07) is 8.55. The van der Waals surface area contributed by atoms with Crippen molar-refractivity contribution in [3.05, 3.63) is 53.0 Å². The molecule has 114 valence electrons. The Hall–Kier alpha value is -2.11. The molecule has 0 spiro atoms. The minimum atomic E-state index is 0.683. The maximum Gasteiger partial charge on any atom is 0.0820 e. The molecule has 22 heavy (non-hydrogen) atoms. The molecule has 1 aliphatic heterocycles. The number of nitrogens with one attached hydrogen (secondary N) is 2. The molecule has 0 fully saturated rings. The second-order valence-corrected chi connectivity index (χ2v) is 5.96. The van der Waals surface area contributed by atoms with Crippen molar-refractivity contribution in [3.63, 3.8) is 0 Å². The summed E-state index contributed by atoms with van der Waals surface area (Å²) in [5.74, 6) is 0. The molecule has 5 heteroatoms. The summed E-state index contributed by atoms with van der Waals surface area (Å²) in [5, 5.41) is 8.93. The van der Waals surface area contributed by atoms with Crippen LogP contribution < -0.4 is 0 Å². The van der Waals surface area contributed by atoms with Gasteiger partial charge in [0.15, 0.2) is 0 Å². The zero-order valence-electron chi connectivity index (χ0n) is 12.7. The molecule has 5 nitrogen and oxygen atoms in total. The summed E-state index contributed by atoms with van der Waals surface area (Å²) in [6.07, 6.45) is 2.93. The van der Waals surface area contributed by atoms with Gasteiger partial charge in [0.2, 0.25) is 0 Å². The van der Waals surface area contributed by atoms with Crippen molar-refractivity contribution in [2.45, 2.75) is 26.1 Å². The van der Waals surface area contributed by atoms with E-state index in [0.717, 1.165) is 31.8 Å². The van der Waals surface area contributed by atoms with Crippen LogP contribution in [0.2, 0.25) is 0 Å². The van der Waals surface area contributed by atoms with Crippen LogP contribution in [0.25, 0.3) is 10.9 Å². The number of H-pyrrole nitrogens is 2. The average Bonchev–Trinajstić information content (AvgIpc) is 3.15. The molecule has 0 saturated heterocycles. The smallest absolute Gasteiger partial charge is 0.0820 e. The number of hydrogen-bond donors (Lipinski definition) is 2. The highest BCUT2D eigenvalue weighted by molar-refractivity contribution is 5.82. The Morgan fingerprint density at radius 3 is 3.18 bits per heavy atom. The van der Waals surface area contributed by atoms with Crippen LogP contribution in [-0.2, 0) is 30.9 Å². The lowest BCUT2D eigenvalue weighted by molar-refractivity contribution is 0.109. The van der Waals surface area contributed by atoms with E-state index in [2.05, 4.69) is 51.4 Å². The zero-order chi connectivity index (χ0) is 14.9.